The molecular formula is C18H22N5OS+. The van der Waals surface area contributed by atoms with Crippen molar-refractivity contribution >= 4 is 23.5 Å². The predicted octanol–water partition coefficient (Wildman–Crippen LogP) is 2.31. The molecule has 7 heteroatoms. The SMILES string of the molecule is C[C@@H](Sc1[nH+]c(N)c(C#N)cc1C#N)C(=O)NCCC1=CCCCC1. The first-order valence-corrected chi connectivity index (χ1v) is 9.21. The van der Waals surface area contributed by atoms with Gasteiger partial charge in [0.05, 0.1) is 5.25 Å². The number of hydrogen-bond acceptors (Lipinski definition) is 5. The summed E-state index contributed by atoms with van der Waals surface area (Å²) in [5.74, 6) is 0.113. The highest BCUT2D eigenvalue weighted by Crippen LogP contribution is 2.25. The fraction of sp³-hybridized carbons (Fsp3) is 0.444. The number of nitrogens with two attached hydrogens (primary N) is 1. The van der Waals surface area contributed by atoms with Gasteiger partial charge in [-0.3, -0.25) is 10.5 Å². The summed E-state index contributed by atoms with van der Waals surface area (Å²) in [6.45, 7) is 2.41. The van der Waals surface area contributed by atoms with E-state index in [4.69, 9.17) is 11.0 Å². The van der Waals surface area contributed by atoms with Crippen molar-refractivity contribution in [3.63, 3.8) is 0 Å². The Labute approximate surface area is 152 Å². The average Bonchev–Trinajstić information content (AvgIpc) is 2.62. The number of thioether (sulfide) groups is 1. The van der Waals surface area contributed by atoms with Gasteiger partial charge in [-0.25, -0.2) is 4.98 Å². The van der Waals surface area contributed by atoms with Crippen molar-refractivity contribution in [1.29, 1.82) is 10.5 Å². The molecule has 0 unspecified atom stereocenters. The fourth-order valence-electron chi connectivity index (χ4n) is 2.67. The molecule has 0 saturated carbocycles. The number of hydrogen-bond donors (Lipinski definition) is 2. The second-order valence-corrected chi connectivity index (χ2v) is 7.32. The number of anilines is 1. The molecule has 0 aliphatic heterocycles. The van der Waals surface area contributed by atoms with Crippen molar-refractivity contribution in [2.45, 2.75) is 49.3 Å². The van der Waals surface area contributed by atoms with Crippen molar-refractivity contribution in [1.82, 2.24) is 5.32 Å². The van der Waals surface area contributed by atoms with Crippen LogP contribution in [0.2, 0.25) is 0 Å². The molecule has 2 rings (SSSR count). The predicted molar refractivity (Wildman–Crippen MR) is 96.3 cm³/mol. The normalized spacial score (nSPS) is 14.8. The number of carbonyl (C=O) groups is 1. The van der Waals surface area contributed by atoms with Gasteiger partial charge in [-0.1, -0.05) is 23.4 Å². The van der Waals surface area contributed by atoms with Gasteiger partial charge in [0, 0.05) is 6.54 Å². The zero-order valence-electron chi connectivity index (χ0n) is 14.3. The minimum Gasteiger partial charge on any atom is -0.355 e. The third-order valence-electron chi connectivity index (χ3n) is 4.11. The Balaban J connectivity index is 1.92. The molecule has 1 aromatic rings. The number of rotatable bonds is 6. The number of aromatic amines is 1. The molecule has 1 aliphatic rings. The van der Waals surface area contributed by atoms with Crippen LogP contribution in [0.15, 0.2) is 22.7 Å². The van der Waals surface area contributed by atoms with Crippen LogP contribution >= 0.6 is 11.8 Å². The lowest BCUT2D eigenvalue weighted by Crippen LogP contribution is -2.32. The number of carbonyl (C=O) groups excluding carboxylic acids is 1. The molecule has 1 aliphatic carbocycles. The van der Waals surface area contributed by atoms with Crippen LogP contribution in [-0.4, -0.2) is 17.7 Å². The van der Waals surface area contributed by atoms with Gasteiger partial charge in [0.2, 0.25) is 5.91 Å². The topological polar surface area (TPSA) is 117 Å². The van der Waals surface area contributed by atoms with Crippen LogP contribution < -0.4 is 16.0 Å². The van der Waals surface area contributed by atoms with Crippen LogP contribution in [-0.2, 0) is 4.79 Å². The molecule has 1 atom stereocenters. The number of nitrogens with zero attached hydrogens (tertiary/aromatic N) is 2. The lowest BCUT2D eigenvalue weighted by molar-refractivity contribution is -0.410. The quantitative estimate of drug-likeness (QED) is 0.599. The first-order valence-electron chi connectivity index (χ1n) is 8.33. The zero-order valence-corrected chi connectivity index (χ0v) is 15.1. The molecule has 0 aromatic carbocycles. The molecule has 1 heterocycles. The minimum absolute atomic E-state index is 0.0818. The van der Waals surface area contributed by atoms with Crippen LogP contribution in [0, 0.1) is 22.7 Å². The Kier molecular flexibility index (Phi) is 6.85. The van der Waals surface area contributed by atoms with Gasteiger partial charge in [0.25, 0.3) is 5.82 Å². The number of nitrogens with one attached hydrogen (secondary N) is 2. The molecule has 1 amide bonds. The van der Waals surface area contributed by atoms with Crippen LogP contribution in [0.4, 0.5) is 5.82 Å². The first kappa shape index (κ1) is 18.8. The van der Waals surface area contributed by atoms with Gasteiger partial charge in [-0.2, -0.15) is 10.5 Å². The van der Waals surface area contributed by atoms with Crippen molar-refractivity contribution in [3.05, 3.63) is 28.8 Å². The van der Waals surface area contributed by atoms with E-state index in [-0.39, 0.29) is 22.5 Å². The summed E-state index contributed by atoms with van der Waals surface area (Å²) in [6, 6.07) is 5.40. The maximum atomic E-state index is 12.3. The smallest absolute Gasteiger partial charge is 0.289 e. The third-order valence-corrected chi connectivity index (χ3v) is 5.23. The first-order chi connectivity index (χ1) is 12.0. The Morgan fingerprint density at radius 3 is 2.80 bits per heavy atom. The lowest BCUT2D eigenvalue weighted by Gasteiger charge is -2.14. The van der Waals surface area contributed by atoms with Gasteiger partial charge in [-0.05, 0) is 45.1 Å². The number of nitrogen functional groups attached to an aromatic ring is 1. The number of H-pyrrole nitrogens is 1. The summed E-state index contributed by atoms with van der Waals surface area (Å²) in [5.41, 5.74) is 7.71. The van der Waals surface area contributed by atoms with Crippen LogP contribution in [0.3, 0.4) is 0 Å². The molecule has 0 radical (unpaired) electrons. The molecule has 4 N–H and O–H groups in total. The maximum Gasteiger partial charge on any atom is 0.289 e. The van der Waals surface area contributed by atoms with Crippen molar-refractivity contribution in [2.75, 3.05) is 12.3 Å². The van der Waals surface area contributed by atoms with Gasteiger partial charge >= 0.3 is 0 Å². The molecule has 1 aromatic heterocycles. The van der Waals surface area contributed by atoms with E-state index < -0.39 is 0 Å². The molecule has 0 fully saturated rings. The highest BCUT2D eigenvalue weighted by molar-refractivity contribution is 8.00. The van der Waals surface area contributed by atoms with Crippen molar-refractivity contribution in [3.8, 4) is 12.1 Å². The summed E-state index contributed by atoms with van der Waals surface area (Å²) in [7, 11) is 0. The largest absolute Gasteiger partial charge is 0.355 e. The molecule has 25 heavy (non-hydrogen) atoms. The second kappa shape index (κ2) is 9.10. The van der Waals surface area contributed by atoms with Crippen molar-refractivity contribution < 1.29 is 9.78 Å². The van der Waals surface area contributed by atoms with Gasteiger partial charge < -0.3 is 5.32 Å². The Morgan fingerprint density at radius 1 is 1.40 bits per heavy atom. The molecule has 0 saturated heterocycles. The third kappa shape index (κ3) is 5.23. The number of pyridine rings is 1. The van der Waals surface area contributed by atoms with E-state index in [0.717, 1.165) is 19.3 Å². The van der Waals surface area contributed by atoms with Crippen LogP contribution in [0.5, 0.6) is 0 Å². The number of nitriles is 2. The number of aromatic nitrogens is 1. The Morgan fingerprint density at radius 2 is 2.16 bits per heavy atom. The standard InChI is InChI=1S/C18H21N5OS/c1-12(17(24)22-8-7-13-5-3-2-4-6-13)25-18-15(11-20)9-14(10-19)16(21)23-18/h5,9,12H,2-4,6-8H2,1H3,(H2,21,23)(H,22,24)/p+1/t12-/m1/s1. The van der Waals surface area contributed by atoms with E-state index in [1.54, 1.807) is 6.92 Å². The fourth-order valence-corrected chi connectivity index (χ4v) is 3.61. The molecule has 0 spiro atoms. The summed E-state index contributed by atoms with van der Waals surface area (Å²) in [6.07, 6.45) is 7.94. The lowest BCUT2D eigenvalue weighted by atomic mass is 9.97. The molecule has 130 valence electrons. The minimum atomic E-state index is -0.379. The van der Waals surface area contributed by atoms with E-state index in [0.29, 0.717) is 17.1 Å². The van der Waals surface area contributed by atoms with Gasteiger partial charge in [-0.15, -0.1) is 0 Å². The molecule has 6 nitrogen and oxygen atoms in total. The van der Waals surface area contributed by atoms with Crippen LogP contribution in [0.1, 0.15) is 50.2 Å². The van der Waals surface area contributed by atoms with E-state index >= 15 is 0 Å². The van der Waals surface area contributed by atoms with Gasteiger partial charge in [0.1, 0.15) is 23.3 Å². The van der Waals surface area contributed by atoms with E-state index in [9.17, 15) is 10.1 Å². The maximum absolute atomic E-state index is 12.3. The molecule has 0 bridgehead atoms. The number of amides is 1. The second-order valence-electron chi connectivity index (χ2n) is 5.97. The highest BCUT2D eigenvalue weighted by Gasteiger charge is 2.21. The Bertz CT molecular complexity index is 760. The highest BCUT2D eigenvalue weighted by atomic mass is 32.2. The zero-order chi connectivity index (χ0) is 18.2. The average molecular weight is 356 g/mol. The monoisotopic (exact) mass is 356 g/mol. The molecular weight excluding hydrogens is 334 g/mol. The summed E-state index contributed by atoms with van der Waals surface area (Å²) < 4.78 is 0. The van der Waals surface area contributed by atoms with Crippen molar-refractivity contribution in [2.24, 2.45) is 0 Å². The number of allylic oxidation sites excluding steroid dienone is 1. The van der Waals surface area contributed by atoms with E-state index in [1.165, 1.54) is 36.2 Å². The van der Waals surface area contributed by atoms with E-state index in [2.05, 4.69) is 16.4 Å². The summed E-state index contributed by atoms with van der Waals surface area (Å²) in [4.78, 5) is 15.1. The summed E-state index contributed by atoms with van der Waals surface area (Å²) in [5, 5.41) is 21.3. The van der Waals surface area contributed by atoms with E-state index in [1.807, 2.05) is 12.1 Å². The van der Waals surface area contributed by atoms with Crippen LogP contribution in [0.25, 0.3) is 0 Å². The van der Waals surface area contributed by atoms with Gasteiger partial charge in [0.15, 0.2) is 5.03 Å². The Hall–Kier alpha value is -2.51. The summed E-state index contributed by atoms with van der Waals surface area (Å²) >= 11 is 1.23.